The molecule has 0 bridgehead atoms. The van der Waals surface area contributed by atoms with E-state index in [4.69, 9.17) is 4.74 Å². The van der Waals surface area contributed by atoms with Crippen LogP contribution in [-0.4, -0.2) is 12.6 Å². The van der Waals surface area contributed by atoms with Gasteiger partial charge in [-0.25, -0.2) is 0 Å². The first kappa shape index (κ1) is 16.5. The van der Waals surface area contributed by atoms with E-state index < -0.39 is 0 Å². The van der Waals surface area contributed by atoms with Crippen LogP contribution in [0.3, 0.4) is 0 Å². The van der Waals surface area contributed by atoms with E-state index in [9.17, 15) is 4.79 Å². The minimum absolute atomic E-state index is 0.169. The molecule has 102 valence electrons. The van der Waals surface area contributed by atoms with Crippen LogP contribution in [0.25, 0.3) is 0 Å². The first-order valence-electron chi connectivity index (χ1n) is 6.94. The van der Waals surface area contributed by atoms with E-state index in [1.807, 2.05) is 0 Å². The fourth-order valence-corrected chi connectivity index (χ4v) is 2.70. The summed E-state index contributed by atoms with van der Waals surface area (Å²) in [6.45, 7) is 13.4. The first-order valence-corrected chi connectivity index (χ1v) is 6.94. The number of hydrogen-bond acceptors (Lipinski definition) is 2. The van der Waals surface area contributed by atoms with Crippen LogP contribution in [0.5, 0.6) is 0 Å². The molecule has 0 aromatic carbocycles. The Hall–Kier alpha value is -0.530. The topological polar surface area (TPSA) is 26.3 Å². The summed E-state index contributed by atoms with van der Waals surface area (Å²) >= 11 is 0. The molecule has 0 rings (SSSR count). The van der Waals surface area contributed by atoms with Crippen LogP contribution in [0.15, 0.2) is 0 Å². The van der Waals surface area contributed by atoms with E-state index in [1.54, 1.807) is 0 Å². The Morgan fingerprint density at radius 1 is 0.882 bits per heavy atom. The van der Waals surface area contributed by atoms with Gasteiger partial charge >= 0.3 is 5.97 Å². The van der Waals surface area contributed by atoms with Crippen LogP contribution < -0.4 is 0 Å². The Morgan fingerprint density at radius 2 is 1.35 bits per heavy atom. The monoisotopic (exact) mass is 242 g/mol. The second-order valence-electron chi connectivity index (χ2n) is 6.22. The van der Waals surface area contributed by atoms with Gasteiger partial charge in [-0.2, -0.15) is 0 Å². The van der Waals surface area contributed by atoms with Gasteiger partial charge in [0, 0.05) is 6.92 Å². The summed E-state index contributed by atoms with van der Waals surface area (Å²) in [7, 11) is 0. The van der Waals surface area contributed by atoms with Crippen LogP contribution >= 0.6 is 0 Å². The van der Waals surface area contributed by atoms with Gasteiger partial charge in [0.25, 0.3) is 0 Å². The van der Waals surface area contributed by atoms with Gasteiger partial charge in [0.1, 0.15) is 0 Å². The van der Waals surface area contributed by atoms with Crippen LogP contribution in [0.2, 0.25) is 0 Å². The summed E-state index contributed by atoms with van der Waals surface area (Å²) in [6.07, 6.45) is 3.74. The molecule has 0 aliphatic rings. The highest BCUT2D eigenvalue weighted by Gasteiger charge is 2.14. The Bertz CT molecular complexity index is 211. The molecule has 0 amide bonds. The van der Waals surface area contributed by atoms with Crippen LogP contribution in [0.1, 0.15) is 60.8 Å². The molecule has 0 aromatic rings. The fourth-order valence-electron chi connectivity index (χ4n) is 2.70. The number of ether oxygens (including phenoxy) is 1. The van der Waals surface area contributed by atoms with Crippen LogP contribution in [0, 0.1) is 23.7 Å². The van der Waals surface area contributed by atoms with Gasteiger partial charge in [-0.05, 0) is 42.9 Å². The lowest BCUT2D eigenvalue weighted by atomic mass is 9.86. The molecule has 0 saturated heterocycles. The minimum Gasteiger partial charge on any atom is -0.466 e. The fraction of sp³-hybridized carbons (Fsp3) is 0.933. The molecule has 2 nitrogen and oxygen atoms in total. The predicted molar refractivity (Wildman–Crippen MR) is 72.8 cm³/mol. The normalized spacial score (nSPS) is 16.6. The highest BCUT2D eigenvalue weighted by Crippen LogP contribution is 2.24. The Balaban J connectivity index is 3.76. The molecular formula is C15H30O2. The summed E-state index contributed by atoms with van der Waals surface area (Å²) in [4.78, 5) is 10.7. The number of hydrogen-bond donors (Lipinski definition) is 0. The maximum Gasteiger partial charge on any atom is 0.302 e. The highest BCUT2D eigenvalue weighted by molar-refractivity contribution is 5.65. The van der Waals surface area contributed by atoms with Gasteiger partial charge in [-0.3, -0.25) is 4.79 Å². The number of carbonyl (C=O) groups excluding carboxylic acids is 1. The SMILES string of the molecule is CC(=O)OCC(C)CC(C)CC(C)CC(C)C. The number of esters is 1. The zero-order valence-corrected chi connectivity index (χ0v) is 12.5. The van der Waals surface area contributed by atoms with Crippen molar-refractivity contribution in [1.29, 1.82) is 0 Å². The molecule has 17 heavy (non-hydrogen) atoms. The average Bonchev–Trinajstić information content (AvgIpc) is 2.12. The van der Waals surface area contributed by atoms with Crippen molar-refractivity contribution >= 4 is 5.97 Å². The molecule has 3 atom stereocenters. The Morgan fingerprint density at radius 3 is 1.82 bits per heavy atom. The van der Waals surface area contributed by atoms with Crippen LogP contribution in [0.4, 0.5) is 0 Å². The zero-order chi connectivity index (χ0) is 13.4. The van der Waals surface area contributed by atoms with Crippen molar-refractivity contribution in [3.63, 3.8) is 0 Å². The molecule has 3 unspecified atom stereocenters. The first-order chi connectivity index (χ1) is 7.81. The van der Waals surface area contributed by atoms with Crippen molar-refractivity contribution in [1.82, 2.24) is 0 Å². The summed E-state index contributed by atoms with van der Waals surface area (Å²) < 4.78 is 5.04. The van der Waals surface area contributed by atoms with E-state index in [0.29, 0.717) is 18.4 Å². The summed E-state index contributed by atoms with van der Waals surface area (Å²) in [6, 6.07) is 0. The maximum atomic E-state index is 10.7. The van der Waals surface area contributed by atoms with E-state index in [2.05, 4.69) is 34.6 Å². The smallest absolute Gasteiger partial charge is 0.302 e. The molecule has 0 fully saturated rings. The second kappa shape index (κ2) is 8.54. The zero-order valence-electron chi connectivity index (χ0n) is 12.5. The standard InChI is InChI=1S/C15H30O2/c1-11(2)7-12(3)8-13(4)9-14(5)10-17-15(6)16/h11-14H,7-10H2,1-6H3. The Labute approximate surface area is 107 Å². The second-order valence-corrected chi connectivity index (χ2v) is 6.22. The van der Waals surface area contributed by atoms with E-state index in [-0.39, 0.29) is 5.97 Å². The lowest BCUT2D eigenvalue weighted by Crippen LogP contribution is -2.14. The highest BCUT2D eigenvalue weighted by atomic mass is 16.5. The third-order valence-electron chi connectivity index (χ3n) is 3.05. The molecule has 2 heteroatoms. The van der Waals surface area contributed by atoms with Gasteiger partial charge in [0.2, 0.25) is 0 Å². The lowest BCUT2D eigenvalue weighted by Gasteiger charge is -2.21. The number of rotatable bonds is 8. The van der Waals surface area contributed by atoms with Crippen molar-refractivity contribution in [2.24, 2.45) is 23.7 Å². The van der Waals surface area contributed by atoms with Gasteiger partial charge in [-0.15, -0.1) is 0 Å². The third kappa shape index (κ3) is 10.3. The summed E-state index contributed by atoms with van der Waals surface area (Å²) in [5, 5.41) is 0. The molecule has 0 spiro atoms. The van der Waals surface area contributed by atoms with Crippen LogP contribution in [-0.2, 0) is 9.53 Å². The van der Waals surface area contributed by atoms with Gasteiger partial charge in [-0.1, -0.05) is 34.6 Å². The van der Waals surface area contributed by atoms with E-state index in [0.717, 1.165) is 18.3 Å². The van der Waals surface area contributed by atoms with Crippen molar-refractivity contribution < 1.29 is 9.53 Å². The molecule has 0 aliphatic heterocycles. The van der Waals surface area contributed by atoms with Crippen molar-refractivity contribution in [2.45, 2.75) is 60.8 Å². The molecule has 0 aromatic heterocycles. The molecular weight excluding hydrogens is 212 g/mol. The predicted octanol–water partition coefficient (Wildman–Crippen LogP) is 4.28. The summed E-state index contributed by atoms with van der Waals surface area (Å²) in [5.41, 5.74) is 0. The molecule has 0 aliphatic carbocycles. The van der Waals surface area contributed by atoms with Gasteiger partial charge in [0.05, 0.1) is 6.61 Å². The quantitative estimate of drug-likeness (QED) is 0.594. The van der Waals surface area contributed by atoms with Gasteiger partial charge < -0.3 is 4.74 Å². The maximum absolute atomic E-state index is 10.7. The largest absolute Gasteiger partial charge is 0.466 e. The van der Waals surface area contributed by atoms with Crippen molar-refractivity contribution in [3.05, 3.63) is 0 Å². The molecule has 0 N–H and O–H groups in total. The number of carbonyl (C=O) groups is 1. The summed E-state index contributed by atoms with van der Waals surface area (Å²) in [5.74, 6) is 2.61. The molecule has 0 radical (unpaired) electrons. The van der Waals surface area contributed by atoms with Gasteiger partial charge in [0.15, 0.2) is 0 Å². The van der Waals surface area contributed by atoms with E-state index in [1.165, 1.54) is 19.8 Å². The van der Waals surface area contributed by atoms with E-state index >= 15 is 0 Å². The van der Waals surface area contributed by atoms with Crippen molar-refractivity contribution in [3.8, 4) is 0 Å². The molecule has 0 heterocycles. The third-order valence-corrected chi connectivity index (χ3v) is 3.05. The minimum atomic E-state index is -0.169. The molecule has 0 saturated carbocycles. The average molecular weight is 242 g/mol. The lowest BCUT2D eigenvalue weighted by molar-refractivity contribution is -0.142. The Kier molecular flexibility index (Phi) is 8.28. The van der Waals surface area contributed by atoms with Crippen molar-refractivity contribution in [2.75, 3.05) is 6.61 Å².